The van der Waals surface area contributed by atoms with Crippen molar-refractivity contribution in [2.24, 2.45) is 5.92 Å². The predicted molar refractivity (Wildman–Crippen MR) is 74.7 cm³/mol. The number of aliphatic hydroxyl groups is 1. The van der Waals surface area contributed by atoms with Gasteiger partial charge in [0, 0.05) is 23.8 Å². The zero-order chi connectivity index (χ0) is 12.4. The van der Waals surface area contributed by atoms with Crippen LogP contribution in [0.5, 0.6) is 0 Å². The van der Waals surface area contributed by atoms with Crippen molar-refractivity contribution in [3.05, 3.63) is 29.8 Å². The van der Waals surface area contributed by atoms with Crippen LogP contribution >= 0.6 is 0 Å². The van der Waals surface area contributed by atoms with Gasteiger partial charge in [-0.3, -0.25) is 0 Å². The topological polar surface area (TPSA) is 23.5 Å². The van der Waals surface area contributed by atoms with E-state index in [1.165, 1.54) is 44.2 Å². The molecule has 0 aromatic heterocycles. The molecule has 0 radical (unpaired) electrons. The number of hydrogen-bond acceptors (Lipinski definition) is 2. The van der Waals surface area contributed by atoms with Crippen molar-refractivity contribution in [2.75, 3.05) is 11.4 Å². The largest absolute Gasteiger partial charge is 0.392 e. The van der Waals surface area contributed by atoms with Crippen molar-refractivity contribution in [1.29, 1.82) is 0 Å². The fourth-order valence-electron chi connectivity index (χ4n) is 3.85. The number of benzene rings is 1. The highest BCUT2D eigenvalue weighted by molar-refractivity contribution is 5.54. The molecule has 2 aliphatic rings. The van der Waals surface area contributed by atoms with Crippen molar-refractivity contribution >= 4 is 5.69 Å². The summed E-state index contributed by atoms with van der Waals surface area (Å²) >= 11 is 0. The zero-order valence-electron chi connectivity index (χ0n) is 11.0. The smallest absolute Gasteiger partial charge is 0.0702 e. The van der Waals surface area contributed by atoms with E-state index >= 15 is 0 Å². The van der Waals surface area contributed by atoms with E-state index in [0.717, 1.165) is 24.1 Å². The molecule has 0 bridgehead atoms. The lowest BCUT2D eigenvalue weighted by atomic mass is 9.78. The third-order valence-electron chi connectivity index (χ3n) is 4.71. The molecule has 2 heteroatoms. The van der Waals surface area contributed by atoms with Gasteiger partial charge in [0.05, 0.1) is 6.61 Å². The van der Waals surface area contributed by atoms with Crippen LogP contribution in [-0.2, 0) is 6.61 Å². The van der Waals surface area contributed by atoms with E-state index < -0.39 is 0 Å². The van der Waals surface area contributed by atoms with Crippen LogP contribution in [0.3, 0.4) is 0 Å². The summed E-state index contributed by atoms with van der Waals surface area (Å²) in [5.74, 6) is 0.888. The molecule has 1 aromatic rings. The molecule has 0 spiro atoms. The van der Waals surface area contributed by atoms with Crippen LogP contribution in [0, 0.1) is 5.92 Å². The Kier molecular flexibility index (Phi) is 3.55. The highest BCUT2D eigenvalue weighted by atomic mass is 16.3. The number of para-hydroxylation sites is 1. The Bertz CT molecular complexity index is 402. The van der Waals surface area contributed by atoms with E-state index in [1.54, 1.807) is 0 Å². The van der Waals surface area contributed by atoms with Crippen LogP contribution in [0.1, 0.15) is 44.1 Å². The number of aliphatic hydroxyl groups excluding tert-OH is 1. The first-order valence-electron chi connectivity index (χ1n) is 7.35. The second-order valence-electron chi connectivity index (χ2n) is 5.73. The van der Waals surface area contributed by atoms with E-state index in [2.05, 4.69) is 23.1 Å². The molecule has 1 N–H and O–H groups in total. The van der Waals surface area contributed by atoms with Crippen LogP contribution in [0.4, 0.5) is 5.69 Å². The minimum absolute atomic E-state index is 0.157. The highest BCUT2D eigenvalue weighted by Crippen LogP contribution is 2.38. The summed E-state index contributed by atoms with van der Waals surface area (Å²) in [6.07, 6.45) is 8.24. The average molecular weight is 245 g/mol. The fourth-order valence-corrected chi connectivity index (χ4v) is 3.85. The third-order valence-corrected chi connectivity index (χ3v) is 4.71. The van der Waals surface area contributed by atoms with Crippen LogP contribution in [0.25, 0.3) is 0 Å². The minimum atomic E-state index is 0.157. The first kappa shape index (κ1) is 12.0. The molecule has 3 rings (SSSR count). The summed E-state index contributed by atoms with van der Waals surface area (Å²) in [5, 5.41) is 9.52. The van der Waals surface area contributed by atoms with Gasteiger partial charge in [-0.15, -0.1) is 0 Å². The predicted octanol–water partition coefficient (Wildman–Crippen LogP) is 3.34. The van der Waals surface area contributed by atoms with Gasteiger partial charge in [-0.25, -0.2) is 0 Å². The van der Waals surface area contributed by atoms with Crippen molar-refractivity contribution in [3.8, 4) is 0 Å². The van der Waals surface area contributed by atoms with Crippen molar-refractivity contribution < 1.29 is 5.11 Å². The van der Waals surface area contributed by atoms with E-state index in [9.17, 15) is 5.11 Å². The lowest BCUT2D eigenvalue weighted by Gasteiger charge is -2.46. The van der Waals surface area contributed by atoms with Gasteiger partial charge >= 0.3 is 0 Å². The number of piperidine rings is 1. The van der Waals surface area contributed by atoms with Gasteiger partial charge < -0.3 is 10.0 Å². The fraction of sp³-hybridized carbons (Fsp3) is 0.625. The first-order valence-corrected chi connectivity index (χ1v) is 7.35. The average Bonchev–Trinajstić information content (AvgIpc) is 2.46. The Morgan fingerprint density at radius 1 is 1.06 bits per heavy atom. The maximum absolute atomic E-state index is 9.52. The Balaban J connectivity index is 1.89. The van der Waals surface area contributed by atoms with Crippen LogP contribution in [0.2, 0.25) is 0 Å². The van der Waals surface area contributed by atoms with Crippen LogP contribution < -0.4 is 4.90 Å². The lowest BCUT2D eigenvalue weighted by Crippen LogP contribution is -2.47. The minimum Gasteiger partial charge on any atom is -0.392 e. The molecule has 1 aliphatic heterocycles. The molecule has 2 atom stereocenters. The number of rotatable bonds is 2. The zero-order valence-corrected chi connectivity index (χ0v) is 11.0. The SMILES string of the molecule is OCc1ccccc1N1CCCC2CCCCC21. The van der Waals surface area contributed by atoms with Gasteiger partial charge in [-0.1, -0.05) is 31.0 Å². The summed E-state index contributed by atoms with van der Waals surface area (Å²) in [7, 11) is 0. The summed E-state index contributed by atoms with van der Waals surface area (Å²) in [6.45, 7) is 1.32. The summed E-state index contributed by atoms with van der Waals surface area (Å²) < 4.78 is 0. The second kappa shape index (κ2) is 5.31. The highest BCUT2D eigenvalue weighted by Gasteiger charge is 2.33. The number of hydrogen-bond donors (Lipinski definition) is 1. The second-order valence-corrected chi connectivity index (χ2v) is 5.73. The third kappa shape index (κ3) is 2.14. The normalized spacial score (nSPS) is 27.9. The standard InChI is InChI=1S/C16H23NO/c18-12-14-7-2-4-10-16(14)17-11-5-8-13-6-1-3-9-15(13)17/h2,4,7,10,13,15,18H,1,3,5-6,8-9,11-12H2. The van der Waals surface area contributed by atoms with Crippen molar-refractivity contribution in [1.82, 2.24) is 0 Å². The monoisotopic (exact) mass is 245 g/mol. The molecule has 1 heterocycles. The quantitative estimate of drug-likeness (QED) is 0.864. The molecular weight excluding hydrogens is 222 g/mol. The maximum Gasteiger partial charge on any atom is 0.0702 e. The van der Waals surface area contributed by atoms with Crippen molar-refractivity contribution in [3.63, 3.8) is 0 Å². The molecule has 1 aromatic carbocycles. The molecule has 18 heavy (non-hydrogen) atoms. The van der Waals surface area contributed by atoms with Gasteiger partial charge in [0.1, 0.15) is 0 Å². The molecule has 2 nitrogen and oxygen atoms in total. The lowest BCUT2D eigenvalue weighted by molar-refractivity contribution is 0.241. The molecule has 1 aliphatic carbocycles. The Morgan fingerprint density at radius 2 is 1.83 bits per heavy atom. The molecule has 1 saturated carbocycles. The summed E-state index contributed by atoms with van der Waals surface area (Å²) in [6, 6.07) is 9.09. The molecular formula is C16H23NO. The van der Waals surface area contributed by atoms with Gasteiger partial charge in [-0.2, -0.15) is 0 Å². The molecule has 2 unspecified atom stereocenters. The van der Waals surface area contributed by atoms with Crippen molar-refractivity contribution in [2.45, 2.75) is 51.2 Å². The molecule has 0 amide bonds. The van der Waals surface area contributed by atoms with E-state index in [4.69, 9.17) is 0 Å². The number of anilines is 1. The van der Waals surface area contributed by atoms with E-state index in [1.807, 2.05) is 6.07 Å². The number of fused-ring (bicyclic) bond motifs is 1. The Morgan fingerprint density at radius 3 is 2.72 bits per heavy atom. The van der Waals surface area contributed by atoms with Crippen LogP contribution in [-0.4, -0.2) is 17.7 Å². The molecule has 98 valence electrons. The van der Waals surface area contributed by atoms with E-state index in [-0.39, 0.29) is 6.61 Å². The summed E-state index contributed by atoms with van der Waals surface area (Å²) in [5.41, 5.74) is 2.36. The van der Waals surface area contributed by atoms with Gasteiger partial charge in [0.15, 0.2) is 0 Å². The maximum atomic E-state index is 9.52. The van der Waals surface area contributed by atoms with Gasteiger partial charge in [-0.05, 0) is 37.7 Å². The molecule has 2 fully saturated rings. The Labute approximate surface area is 110 Å². The Hall–Kier alpha value is -1.02. The number of nitrogens with zero attached hydrogens (tertiary/aromatic N) is 1. The first-order chi connectivity index (χ1) is 8.90. The van der Waals surface area contributed by atoms with E-state index in [0.29, 0.717) is 0 Å². The summed E-state index contributed by atoms with van der Waals surface area (Å²) in [4.78, 5) is 2.58. The van der Waals surface area contributed by atoms with Gasteiger partial charge in [0.25, 0.3) is 0 Å². The molecule has 1 saturated heterocycles. The van der Waals surface area contributed by atoms with Crippen LogP contribution in [0.15, 0.2) is 24.3 Å². The van der Waals surface area contributed by atoms with Gasteiger partial charge in [0.2, 0.25) is 0 Å².